The van der Waals surface area contributed by atoms with E-state index in [1.807, 2.05) is 53.2 Å². The van der Waals surface area contributed by atoms with Gasteiger partial charge in [-0.15, -0.1) is 5.10 Å². The molecule has 6 nitrogen and oxygen atoms in total. The number of aryl methyl sites for hydroxylation is 1. The first-order valence-electron chi connectivity index (χ1n) is 10.2. The van der Waals surface area contributed by atoms with E-state index in [2.05, 4.69) is 29.5 Å². The highest BCUT2D eigenvalue weighted by molar-refractivity contribution is 7.91. The minimum absolute atomic E-state index is 0.0685. The van der Waals surface area contributed by atoms with Crippen molar-refractivity contribution in [3.8, 4) is 16.9 Å². The molecule has 30 heavy (non-hydrogen) atoms. The van der Waals surface area contributed by atoms with Gasteiger partial charge in [0.25, 0.3) is 0 Å². The van der Waals surface area contributed by atoms with Gasteiger partial charge in [-0.25, -0.2) is 13.1 Å². The first-order valence-corrected chi connectivity index (χ1v) is 12.0. The molecule has 7 heteroatoms. The number of benzene rings is 2. The molecule has 2 heterocycles. The summed E-state index contributed by atoms with van der Waals surface area (Å²) in [4.78, 5) is 12.6. The maximum atomic E-state index is 12.6. The number of aromatic nitrogens is 2. The van der Waals surface area contributed by atoms with Crippen LogP contribution in [-0.2, 0) is 21.1 Å². The number of anilines is 1. The molecule has 2 aromatic carbocycles. The molecule has 1 aliphatic heterocycles. The second-order valence-electron chi connectivity index (χ2n) is 7.70. The SMILES string of the molecule is CCCc1cccc(-c2cc(NC(=O)C3CCS(=O)(=O)C3)nn2-c2ccccc2)c1. The van der Waals surface area contributed by atoms with Crippen molar-refractivity contribution in [2.75, 3.05) is 16.8 Å². The Bertz CT molecular complexity index is 1150. The standard InChI is InChI=1S/C23H25N3O3S/c1-2-7-17-8-6-9-18(14-17)21-15-22(25-26(21)20-10-4-3-5-11-20)24-23(27)19-12-13-30(28,29)16-19/h3-6,8-11,14-15,19H,2,7,12-13,16H2,1H3,(H,24,25,27). The molecule has 1 saturated heterocycles. The molecule has 1 unspecified atom stereocenters. The van der Waals surface area contributed by atoms with Gasteiger partial charge in [-0.1, -0.05) is 49.7 Å². The van der Waals surface area contributed by atoms with Crippen molar-refractivity contribution in [1.82, 2.24) is 9.78 Å². The lowest BCUT2D eigenvalue weighted by Gasteiger charge is -2.09. The summed E-state index contributed by atoms with van der Waals surface area (Å²) in [7, 11) is -3.12. The molecule has 0 aliphatic carbocycles. The summed E-state index contributed by atoms with van der Waals surface area (Å²) >= 11 is 0. The van der Waals surface area contributed by atoms with Crippen molar-refractivity contribution in [2.45, 2.75) is 26.2 Å². The zero-order chi connectivity index (χ0) is 21.1. The Kier molecular flexibility index (Phi) is 5.72. The molecule has 3 aromatic rings. The van der Waals surface area contributed by atoms with Crippen molar-refractivity contribution in [2.24, 2.45) is 5.92 Å². The molecule has 0 radical (unpaired) electrons. The van der Waals surface area contributed by atoms with Gasteiger partial charge in [-0.05, 0) is 36.6 Å². The van der Waals surface area contributed by atoms with E-state index in [9.17, 15) is 13.2 Å². The summed E-state index contributed by atoms with van der Waals surface area (Å²) in [6, 6.07) is 19.9. The van der Waals surface area contributed by atoms with E-state index in [4.69, 9.17) is 0 Å². The monoisotopic (exact) mass is 423 g/mol. The Morgan fingerprint density at radius 3 is 2.63 bits per heavy atom. The van der Waals surface area contributed by atoms with Gasteiger partial charge in [-0.2, -0.15) is 0 Å². The summed E-state index contributed by atoms with van der Waals surface area (Å²) in [5.74, 6) is -0.416. The molecule has 1 amide bonds. The van der Waals surface area contributed by atoms with Crippen LogP contribution in [0.15, 0.2) is 60.7 Å². The molecule has 1 N–H and O–H groups in total. The molecule has 1 aliphatic rings. The highest BCUT2D eigenvalue weighted by Gasteiger charge is 2.33. The topological polar surface area (TPSA) is 81.1 Å². The van der Waals surface area contributed by atoms with Crippen LogP contribution in [0.3, 0.4) is 0 Å². The van der Waals surface area contributed by atoms with Crippen molar-refractivity contribution in [3.05, 3.63) is 66.2 Å². The third-order valence-corrected chi connectivity index (χ3v) is 7.09. The van der Waals surface area contributed by atoms with Crippen LogP contribution in [0.4, 0.5) is 5.82 Å². The third-order valence-electron chi connectivity index (χ3n) is 5.33. The maximum absolute atomic E-state index is 12.6. The van der Waals surface area contributed by atoms with Crippen LogP contribution in [0.2, 0.25) is 0 Å². The normalized spacial score (nSPS) is 17.7. The Morgan fingerprint density at radius 2 is 1.93 bits per heavy atom. The fourth-order valence-corrected chi connectivity index (χ4v) is 5.56. The van der Waals surface area contributed by atoms with Crippen LogP contribution in [0, 0.1) is 5.92 Å². The Hall–Kier alpha value is -2.93. The highest BCUT2D eigenvalue weighted by atomic mass is 32.2. The molecule has 0 saturated carbocycles. The quantitative estimate of drug-likeness (QED) is 0.653. The van der Waals surface area contributed by atoms with E-state index in [1.165, 1.54) is 5.56 Å². The van der Waals surface area contributed by atoms with Gasteiger partial charge >= 0.3 is 0 Å². The average molecular weight is 424 g/mol. The summed E-state index contributed by atoms with van der Waals surface area (Å²) < 4.78 is 25.2. The molecule has 0 bridgehead atoms. The molecule has 4 rings (SSSR count). The molecule has 0 spiro atoms. The van der Waals surface area contributed by atoms with Gasteiger partial charge in [0.2, 0.25) is 5.91 Å². The Labute approximate surface area is 176 Å². The fourth-order valence-electron chi connectivity index (χ4n) is 3.82. The Morgan fingerprint density at radius 1 is 1.13 bits per heavy atom. The first-order chi connectivity index (χ1) is 14.4. The number of hydrogen-bond acceptors (Lipinski definition) is 4. The van der Waals surface area contributed by atoms with Gasteiger partial charge in [0.1, 0.15) is 0 Å². The minimum atomic E-state index is -3.12. The van der Waals surface area contributed by atoms with Gasteiger partial charge in [0, 0.05) is 11.6 Å². The first kappa shape index (κ1) is 20.3. The lowest BCUT2D eigenvalue weighted by molar-refractivity contribution is -0.119. The molecule has 1 atom stereocenters. The van der Waals surface area contributed by atoms with Crippen molar-refractivity contribution >= 4 is 21.6 Å². The van der Waals surface area contributed by atoms with Crippen LogP contribution in [-0.4, -0.2) is 35.6 Å². The average Bonchev–Trinajstić information content (AvgIpc) is 3.32. The van der Waals surface area contributed by atoms with Crippen molar-refractivity contribution in [3.63, 3.8) is 0 Å². The molecule has 1 fully saturated rings. The predicted octanol–water partition coefficient (Wildman–Crippen LogP) is 3.87. The van der Waals surface area contributed by atoms with E-state index >= 15 is 0 Å². The number of sulfone groups is 1. The Balaban J connectivity index is 1.68. The van der Waals surface area contributed by atoms with Crippen LogP contribution in [0.1, 0.15) is 25.3 Å². The van der Waals surface area contributed by atoms with Crippen molar-refractivity contribution in [1.29, 1.82) is 0 Å². The van der Waals surface area contributed by atoms with Gasteiger partial charge < -0.3 is 5.32 Å². The van der Waals surface area contributed by atoms with Crippen LogP contribution < -0.4 is 5.32 Å². The second kappa shape index (κ2) is 8.44. The van der Waals surface area contributed by atoms with E-state index in [1.54, 1.807) is 0 Å². The lowest BCUT2D eigenvalue weighted by atomic mass is 10.0. The zero-order valence-corrected chi connectivity index (χ0v) is 17.7. The van der Waals surface area contributed by atoms with Gasteiger partial charge in [-0.3, -0.25) is 4.79 Å². The summed E-state index contributed by atoms with van der Waals surface area (Å²) in [6.07, 6.45) is 2.42. The van der Waals surface area contributed by atoms with Crippen LogP contribution in [0.5, 0.6) is 0 Å². The summed E-state index contributed by atoms with van der Waals surface area (Å²) in [5.41, 5.74) is 4.02. The summed E-state index contributed by atoms with van der Waals surface area (Å²) in [5, 5.41) is 7.44. The number of carbonyl (C=O) groups is 1. The van der Waals surface area contributed by atoms with Gasteiger partial charge in [0.05, 0.1) is 28.8 Å². The fraction of sp³-hybridized carbons (Fsp3) is 0.304. The maximum Gasteiger partial charge on any atom is 0.229 e. The smallest absolute Gasteiger partial charge is 0.229 e. The minimum Gasteiger partial charge on any atom is -0.309 e. The predicted molar refractivity (Wildman–Crippen MR) is 118 cm³/mol. The van der Waals surface area contributed by atoms with Crippen LogP contribution in [0.25, 0.3) is 16.9 Å². The molecular formula is C23H25N3O3S. The lowest BCUT2D eigenvalue weighted by Crippen LogP contribution is -2.24. The molecular weight excluding hydrogens is 398 g/mol. The number of amides is 1. The highest BCUT2D eigenvalue weighted by Crippen LogP contribution is 2.28. The van der Waals surface area contributed by atoms with E-state index < -0.39 is 15.8 Å². The van der Waals surface area contributed by atoms with E-state index in [0.717, 1.165) is 29.8 Å². The van der Waals surface area contributed by atoms with Crippen LogP contribution >= 0.6 is 0 Å². The number of nitrogens with zero attached hydrogens (tertiary/aromatic N) is 2. The molecule has 1 aromatic heterocycles. The number of para-hydroxylation sites is 1. The van der Waals surface area contributed by atoms with E-state index in [-0.39, 0.29) is 17.4 Å². The summed E-state index contributed by atoms with van der Waals surface area (Å²) in [6.45, 7) is 2.15. The number of rotatable bonds is 6. The van der Waals surface area contributed by atoms with E-state index in [0.29, 0.717) is 12.2 Å². The van der Waals surface area contributed by atoms with Gasteiger partial charge in [0.15, 0.2) is 15.7 Å². The number of hydrogen-bond donors (Lipinski definition) is 1. The zero-order valence-electron chi connectivity index (χ0n) is 16.9. The van der Waals surface area contributed by atoms with Crippen molar-refractivity contribution < 1.29 is 13.2 Å². The number of carbonyl (C=O) groups excluding carboxylic acids is 1. The second-order valence-corrected chi connectivity index (χ2v) is 9.93. The largest absolute Gasteiger partial charge is 0.309 e. The third kappa shape index (κ3) is 4.46. The molecule has 156 valence electrons. The number of nitrogens with one attached hydrogen (secondary N) is 1.